The molecule has 0 unspecified atom stereocenters. The summed E-state index contributed by atoms with van der Waals surface area (Å²) < 4.78 is 39.9. The van der Waals surface area contributed by atoms with Gasteiger partial charge in [-0.15, -0.1) is 0 Å². The van der Waals surface area contributed by atoms with Crippen LogP contribution in [0.5, 0.6) is 0 Å². The summed E-state index contributed by atoms with van der Waals surface area (Å²) in [7, 11) is -3.69. The Morgan fingerprint density at radius 1 is 1.30 bits per heavy atom. The Hall–Kier alpha value is -0.950. The number of hydrogen-bond donors (Lipinski definition) is 0. The average Bonchev–Trinajstić information content (AvgIpc) is 2.69. The van der Waals surface area contributed by atoms with E-state index in [9.17, 15) is 8.42 Å². The van der Waals surface area contributed by atoms with Gasteiger partial charge < -0.3 is 9.47 Å². The minimum absolute atomic E-state index is 0.0836. The summed E-state index contributed by atoms with van der Waals surface area (Å²) >= 11 is 0. The lowest BCUT2D eigenvalue weighted by Gasteiger charge is -2.16. The van der Waals surface area contributed by atoms with Gasteiger partial charge >= 0.3 is 0 Å². The zero-order valence-electron chi connectivity index (χ0n) is 12.0. The van der Waals surface area contributed by atoms with Crippen molar-refractivity contribution in [3.63, 3.8) is 0 Å². The minimum Gasteiger partial charge on any atom is -0.348 e. The predicted octanol–water partition coefficient (Wildman–Crippen LogP) is 2.24. The van der Waals surface area contributed by atoms with Crippen LogP contribution in [0, 0.1) is 6.92 Å². The summed E-state index contributed by atoms with van der Waals surface area (Å²) in [5, 5.41) is 0. The summed E-state index contributed by atoms with van der Waals surface area (Å²) in [5.74, 6) is -0.597. The lowest BCUT2D eigenvalue weighted by Crippen LogP contribution is -2.22. The molecule has 0 aromatic heterocycles. The highest BCUT2D eigenvalue weighted by molar-refractivity contribution is 7.86. The molecular formula is C14H20O5S. The molecule has 6 heteroatoms. The molecule has 5 nitrogen and oxygen atoms in total. The minimum atomic E-state index is -3.69. The number of benzene rings is 1. The van der Waals surface area contributed by atoms with E-state index in [1.165, 1.54) is 0 Å². The SMILES string of the molecule is Cc1ccc(S(=O)(=O)OCC[C@@H]2COC(C)(C)O2)cc1. The maximum Gasteiger partial charge on any atom is 0.296 e. The Bertz CT molecular complexity index is 547. The van der Waals surface area contributed by atoms with Crippen molar-refractivity contribution in [2.45, 2.75) is 44.0 Å². The van der Waals surface area contributed by atoms with E-state index in [4.69, 9.17) is 13.7 Å². The van der Waals surface area contributed by atoms with E-state index in [-0.39, 0.29) is 17.6 Å². The first-order chi connectivity index (χ1) is 9.28. The fraction of sp³-hybridized carbons (Fsp3) is 0.571. The Labute approximate surface area is 120 Å². The van der Waals surface area contributed by atoms with Crippen LogP contribution in [0.25, 0.3) is 0 Å². The highest BCUT2D eigenvalue weighted by Crippen LogP contribution is 2.24. The third kappa shape index (κ3) is 4.02. The van der Waals surface area contributed by atoms with Gasteiger partial charge in [0.15, 0.2) is 5.79 Å². The van der Waals surface area contributed by atoms with Gasteiger partial charge in [0.25, 0.3) is 10.1 Å². The van der Waals surface area contributed by atoms with Crippen LogP contribution in [0.2, 0.25) is 0 Å². The van der Waals surface area contributed by atoms with Crippen molar-refractivity contribution in [2.75, 3.05) is 13.2 Å². The third-order valence-corrected chi connectivity index (χ3v) is 4.38. The van der Waals surface area contributed by atoms with Crippen molar-refractivity contribution in [1.82, 2.24) is 0 Å². The van der Waals surface area contributed by atoms with Crippen LogP contribution < -0.4 is 0 Å². The molecule has 0 saturated carbocycles. The van der Waals surface area contributed by atoms with E-state index in [0.717, 1.165) is 5.56 Å². The highest BCUT2D eigenvalue weighted by atomic mass is 32.2. The standard InChI is InChI=1S/C14H20O5S/c1-11-4-6-13(7-5-11)20(15,16)18-9-8-12-10-17-14(2,3)19-12/h4-7,12H,8-10H2,1-3H3/t12-/m1/s1. The monoisotopic (exact) mass is 300 g/mol. The second kappa shape index (κ2) is 5.81. The van der Waals surface area contributed by atoms with Crippen molar-refractivity contribution in [1.29, 1.82) is 0 Å². The van der Waals surface area contributed by atoms with Crippen LogP contribution >= 0.6 is 0 Å². The van der Waals surface area contributed by atoms with Gasteiger partial charge in [-0.3, -0.25) is 4.18 Å². The maximum absolute atomic E-state index is 12.0. The molecule has 1 heterocycles. The van der Waals surface area contributed by atoms with Crippen molar-refractivity contribution in [3.8, 4) is 0 Å². The van der Waals surface area contributed by atoms with Gasteiger partial charge in [-0.05, 0) is 32.9 Å². The largest absolute Gasteiger partial charge is 0.348 e. The highest BCUT2D eigenvalue weighted by Gasteiger charge is 2.32. The molecule has 0 amide bonds. The first-order valence-electron chi connectivity index (χ1n) is 6.56. The second-order valence-electron chi connectivity index (χ2n) is 5.33. The van der Waals surface area contributed by atoms with E-state index >= 15 is 0 Å². The van der Waals surface area contributed by atoms with Gasteiger partial charge in [-0.1, -0.05) is 17.7 Å². The van der Waals surface area contributed by atoms with E-state index in [2.05, 4.69) is 0 Å². The topological polar surface area (TPSA) is 61.8 Å². The molecule has 20 heavy (non-hydrogen) atoms. The van der Waals surface area contributed by atoms with E-state index in [0.29, 0.717) is 13.0 Å². The maximum atomic E-state index is 12.0. The number of ether oxygens (including phenoxy) is 2. The van der Waals surface area contributed by atoms with Crippen molar-refractivity contribution >= 4 is 10.1 Å². The molecule has 0 bridgehead atoms. The molecule has 2 rings (SSSR count). The third-order valence-electron chi connectivity index (χ3n) is 3.06. The van der Waals surface area contributed by atoms with Gasteiger partial charge in [0, 0.05) is 6.42 Å². The molecule has 0 aliphatic carbocycles. The zero-order chi connectivity index (χ0) is 14.8. The number of rotatable bonds is 5. The van der Waals surface area contributed by atoms with E-state index in [1.54, 1.807) is 24.3 Å². The first-order valence-corrected chi connectivity index (χ1v) is 7.97. The van der Waals surface area contributed by atoms with Gasteiger partial charge in [0.2, 0.25) is 0 Å². The fourth-order valence-electron chi connectivity index (χ4n) is 1.97. The lowest BCUT2D eigenvalue weighted by atomic mass is 10.2. The fourth-order valence-corrected chi connectivity index (χ4v) is 2.89. The molecule has 1 fully saturated rings. The summed E-state index contributed by atoms with van der Waals surface area (Å²) in [4.78, 5) is 0.173. The van der Waals surface area contributed by atoms with E-state index < -0.39 is 15.9 Å². The number of hydrogen-bond acceptors (Lipinski definition) is 5. The molecule has 1 aromatic carbocycles. The second-order valence-corrected chi connectivity index (χ2v) is 6.94. The summed E-state index contributed by atoms with van der Waals surface area (Å²) in [5.41, 5.74) is 1.00. The van der Waals surface area contributed by atoms with Crippen LogP contribution in [0.1, 0.15) is 25.8 Å². The number of aryl methyl sites for hydroxylation is 1. The summed E-state index contributed by atoms with van der Waals surface area (Å²) in [6.07, 6.45) is 0.354. The molecule has 0 N–H and O–H groups in total. The van der Waals surface area contributed by atoms with E-state index in [1.807, 2.05) is 20.8 Å². The summed E-state index contributed by atoms with van der Waals surface area (Å²) in [6.45, 7) is 6.10. The lowest BCUT2D eigenvalue weighted by molar-refractivity contribution is -0.139. The molecule has 1 saturated heterocycles. The van der Waals surface area contributed by atoms with Crippen molar-refractivity contribution < 1.29 is 22.1 Å². The van der Waals surface area contributed by atoms with Gasteiger partial charge in [-0.25, -0.2) is 0 Å². The molecule has 0 spiro atoms. The quantitative estimate of drug-likeness (QED) is 0.780. The summed E-state index contributed by atoms with van der Waals surface area (Å²) in [6, 6.07) is 6.57. The average molecular weight is 300 g/mol. The molecule has 1 aliphatic heterocycles. The smallest absolute Gasteiger partial charge is 0.296 e. The van der Waals surface area contributed by atoms with Crippen LogP contribution in [0.4, 0.5) is 0 Å². The normalized spacial score (nSPS) is 22.1. The Balaban J connectivity index is 1.86. The van der Waals surface area contributed by atoms with Crippen LogP contribution in [0.15, 0.2) is 29.2 Å². The van der Waals surface area contributed by atoms with Gasteiger partial charge in [0.1, 0.15) is 0 Å². The molecule has 1 aliphatic rings. The first kappa shape index (κ1) is 15.4. The Morgan fingerprint density at radius 3 is 2.50 bits per heavy atom. The van der Waals surface area contributed by atoms with Crippen LogP contribution in [0.3, 0.4) is 0 Å². The van der Waals surface area contributed by atoms with Crippen LogP contribution in [-0.4, -0.2) is 33.5 Å². The molecule has 112 valence electrons. The molecule has 1 aromatic rings. The Morgan fingerprint density at radius 2 is 1.95 bits per heavy atom. The van der Waals surface area contributed by atoms with Crippen LogP contribution in [-0.2, 0) is 23.8 Å². The molecule has 0 radical (unpaired) electrons. The Kier molecular flexibility index (Phi) is 4.49. The van der Waals surface area contributed by atoms with Crippen molar-refractivity contribution in [2.24, 2.45) is 0 Å². The molecular weight excluding hydrogens is 280 g/mol. The van der Waals surface area contributed by atoms with Gasteiger partial charge in [0.05, 0.1) is 24.2 Å². The predicted molar refractivity (Wildman–Crippen MR) is 73.8 cm³/mol. The zero-order valence-corrected chi connectivity index (χ0v) is 12.8. The van der Waals surface area contributed by atoms with Gasteiger partial charge in [-0.2, -0.15) is 8.42 Å². The van der Waals surface area contributed by atoms with Crippen molar-refractivity contribution in [3.05, 3.63) is 29.8 Å². The molecule has 1 atom stereocenters.